The van der Waals surface area contributed by atoms with Gasteiger partial charge in [-0.25, -0.2) is 0 Å². The molecule has 0 aliphatic heterocycles. The monoisotopic (exact) mass is 387 g/mol. The molecule has 0 fully saturated rings. The first-order valence-electron chi connectivity index (χ1n) is 8.90. The second-order valence-corrected chi connectivity index (χ2v) is 6.56. The number of carbonyl (C=O) groups is 1. The molecule has 146 valence electrons. The number of nitrogens with two attached hydrogens (primary N) is 1. The Morgan fingerprint density at radius 3 is 1.86 bits per heavy atom. The Labute approximate surface area is 168 Å². The highest BCUT2D eigenvalue weighted by Gasteiger charge is 2.14. The van der Waals surface area contributed by atoms with Crippen LogP contribution in [0.2, 0.25) is 0 Å². The van der Waals surface area contributed by atoms with Gasteiger partial charge in [-0.1, -0.05) is 42.5 Å². The van der Waals surface area contributed by atoms with Gasteiger partial charge < -0.3 is 15.9 Å². The maximum absolute atomic E-state index is 12.3. The summed E-state index contributed by atoms with van der Waals surface area (Å²) in [7, 11) is 0. The fourth-order valence-electron chi connectivity index (χ4n) is 3.07. The third-order valence-electron chi connectivity index (χ3n) is 4.39. The van der Waals surface area contributed by atoms with Crippen molar-refractivity contribution in [2.45, 2.75) is 6.92 Å². The predicted molar refractivity (Wildman–Crippen MR) is 114 cm³/mol. The van der Waals surface area contributed by atoms with Gasteiger partial charge in [0.15, 0.2) is 5.96 Å². The van der Waals surface area contributed by atoms with Crippen LogP contribution in [-0.4, -0.2) is 22.1 Å². The van der Waals surface area contributed by atoms with Crippen molar-refractivity contribution in [3.63, 3.8) is 0 Å². The van der Waals surface area contributed by atoms with Gasteiger partial charge >= 0.3 is 0 Å². The number of benzene rings is 3. The summed E-state index contributed by atoms with van der Waals surface area (Å²) in [6.45, 7) is 1.63. The molecule has 29 heavy (non-hydrogen) atoms. The Hall–Kier alpha value is -4.06. The van der Waals surface area contributed by atoms with Crippen molar-refractivity contribution in [2.24, 2.45) is 5.73 Å². The van der Waals surface area contributed by atoms with Crippen LogP contribution in [0.25, 0.3) is 28.3 Å². The molecule has 6 N–H and O–H groups in total. The highest BCUT2D eigenvalue weighted by Crippen LogP contribution is 2.36. The van der Waals surface area contributed by atoms with E-state index in [1.807, 2.05) is 30.3 Å². The van der Waals surface area contributed by atoms with E-state index in [0.29, 0.717) is 5.57 Å². The van der Waals surface area contributed by atoms with Gasteiger partial charge in [-0.2, -0.15) is 0 Å². The van der Waals surface area contributed by atoms with E-state index in [9.17, 15) is 15.0 Å². The lowest BCUT2D eigenvalue weighted by Gasteiger charge is -2.14. The minimum absolute atomic E-state index is 0.131. The number of hydrogen-bond acceptors (Lipinski definition) is 4. The lowest BCUT2D eigenvalue weighted by Crippen LogP contribution is -2.36. The first kappa shape index (κ1) is 19.7. The van der Waals surface area contributed by atoms with Gasteiger partial charge in [-0.05, 0) is 65.1 Å². The SMILES string of the molecule is C/C(=C\c1c(-c2cccc(O)c2)cccc1-c1cccc(O)c1)C(=O)NC(=N)N. The minimum Gasteiger partial charge on any atom is -0.508 e. The van der Waals surface area contributed by atoms with E-state index in [-0.39, 0.29) is 11.5 Å². The van der Waals surface area contributed by atoms with Crippen LogP contribution >= 0.6 is 0 Å². The molecule has 3 aromatic carbocycles. The van der Waals surface area contributed by atoms with Gasteiger partial charge in [0.2, 0.25) is 0 Å². The average molecular weight is 387 g/mol. The number of carbonyl (C=O) groups excluding carboxylic acids is 1. The molecule has 0 heterocycles. The van der Waals surface area contributed by atoms with E-state index in [1.165, 1.54) is 0 Å². The van der Waals surface area contributed by atoms with Crippen LogP contribution in [0, 0.1) is 5.41 Å². The van der Waals surface area contributed by atoms with Gasteiger partial charge in [0.1, 0.15) is 11.5 Å². The Morgan fingerprint density at radius 1 is 0.931 bits per heavy atom. The van der Waals surface area contributed by atoms with Crippen LogP contribution in [0.4, 0.5) is 0 Å². The quantitative estimate of drug-likeness (QED) is 0.265. The number of hydrogen-bond donors (Lipinski definition) is 5. The van der Waals surface area contributed by atoms with Crippen molar-refractivity contribution in [1.29, 1.82) is 5.41 Å². The first-order valence-corrected chi connectivity index (χ1v) is 8.90. The molecule has 0 radical (unpaired) electrons. The molecular formula is C23H21N3O3. The number of rotatable bonds is 4. The zero-order valence-corrected chi connectivity index (χ0v) is 15.8. The molecule has 0 saturated carbocycles. The topological polar surface area (TPSA) is 119 Å². The molecule has 3 aromatic rings. The first-order chi connectivity index (χ1) is 13.8. The van der Waals surface area contributed by atoms with E-state index in [2.05, 4.69) is 5.32 Å². The molecule has 3 rings (SSSR count). The van der Waals surface area contributed by atoms with Gasteiger partial charge in [-0.3, -0.25) is 15.5 Å². The van der Waals surface area contributed by atoms with Gasteiger partial charge in [0, 0.05) is 5.57 Å². The standard InChI is InChI=1S/C23H21N3O3/c1-14(22(29)26-23(24)25)11-21-19(15-5-2-7-17(27)12-15)9-4-10-20(21)16-6-3-8-18(28)13-16/h2-13,27-28H,1H3,(H4,24,25,26,29)/b14-11+. The van der Waals surface area contributed by atoms with E-state index in [4.69, 9.17) is 11.1 Å². The molecule has 0 bridgehead atoms. The van der Waals surface area contributed by atoms with E-state index >= 15 is 0 Å². The summed E-state index contributed by atoms with van der Waals surface area (Å²) in [4.78, 5) is 12.3. The van der Waals surface area contributed by atoms with Crippen molar-refractivity contribution in [1.82, 2.24) is 5.32 Å². The number of amides is 1. The normalized spacial score (nSPS) is 11.1. The van der Waals surface area contributed by atoms with Crippen molar-refractivity contribution >= 4 is 17.9 Å². The highest BCUT2D eigenvalue weighted by atomic mass is 16.3. The Bertz CT molecular complexity index is 1060. The van der Waals surface area contributed by atoms with Crippen LogP contribution in [-0.2, 0) is 4.79 Å². The summed E-state index contributed by atoms with van der Waals surface area (Å²) >= 11 is 0. The van der Waals surface area contributed by atoms with Crippen molar-refractivity contribution < 1.29 is 15.0 Å². The zero-order chi connectivity index (χ0) is 21.0. The van der Waals surface area contributed by atoms with Crippen LogP contribution in [0.15, 0.2) is 72.3 Å². The number of phenolic OH excluding ortho intramolecular Hbond substituents is 2. The Balaban J connectivity index is 2.23. The Kier molecular flexibility index (Phi) is 5.64. The minimum atomic E-state index is -0.481. The van der Waals surface area contributed by atoms with E-state index < -0.39 is 11.9 Å². The molecule has 0 unspecified atom stereocenters. The maximum atomic E-state index is 12.3. The van der Waals surface area contributed by atoms with Crippen molar-refractivity contribution in [3.05, 3.63) is 77.9 Å². The summed E-state index contributed by atoms with van der Waals surface area (Å²) in [5, 5.41) is 29.3. The summed E-state index contributed by atoms with van der Waals surface area (Å²) in [5.41, 5.74) is 9.52. The average Bonchev–Trinajstić information content (AvgIpc) is 2.67. The molecular weight excluding hydrogens is 366 g/mol. The van der Waals surface area contributed by atoms with Gasteiger partial charge in [-0.15, -0.1) is 0 Å². The van der Waals surface area contributed by atoms with Crippen molar-refractivity contribution in [2.75, 3.05) is 0 Å². The maximum Gasteiger partial charge on any atom is 0.253 e. The molecule has 0 spiro atoms. The van der Waals surface area contributed by atoms with Crippen LogP contribution in [0.5, 0.6) is 11.5 Å². The highest BCUT2D eigenvalue weighted by molar-refractivity contribution is 6.07. The number of nitrogens with one attached hydrogen (secondary N) is 2. The molecule has 1 amide bonds. The number of phenols is 2. The van der Waals surface area contributed by atoms with Crippen LogP contribution in [0.1, 0.15) is 12.5 Å². The summed E-state index contributed by atoms with van der Waals surface area (Å²) < 4.78 is 0. The second kappa shape index (κ2) is 8.31. The summed E-state index contributed by atoms with van der Waals surface area (Å²) in [6.07, 6.45) is 1.71. The molecule has 6 heteroatoms. The second-order valence-electron chi connectivity index (χ2n) is 6.56. The molecule has 0 aromatic heterocycles. The smallest absolute Gasteiger partial charge is 0.253 e. The molecule has 0 atom stereocenters. The molecule has 0 aliphatic carbocycles. The Morgan fingerprint density at radius 2 is 1.41 bits per heavy atom. The fourth-order valence-corrected chi connectivity index (χ4v) is 3.07. The molecule has 0 saturated heterocycles. The van der Waals surface area contributed by atoms with Crippen LogP contribution < -0.4 is 11.1 Å². The lowest BCUT2D eigenvalue weighted by atomic mass is 9.90. The molecule has 0 aliphatic rings. The van der Waals surface area contributed by atoms with Gasteiger partial charge in [0.05, 0.1) is 0 Å². The number of guanidine groups is 1. The summed E-state index contributed by atoms with van der Waals surface area (Å²) in [6, 6.07) is 19.3. The largest absolute Gasteiger partial charge is 0.508 e. The fraction of sp³-hybridized carbons (Fsp3) is 0.0435. The third kappa shape index (κ3) is 4.62. The van der Waals surface area contributed by atoms with Gasteiger partial charge in [0.25, 0.3) is 5.91 Å². The van der Waals surface area contributed by atoms with Crippen LogP contribution in [0.3, 0.4) is 0 Å². The zero-order valence-electron chi connectivity index (χ0n) is 15.8. The number of aromatic hydroxyl groups is 2. The van der Waals surface area contributed by atoms with E-state index in [1.54, 1.807) is 49.4 Å². The van der Waals surface area contributed by atoms with Crippen molar-refractivity contribution in [3.8, 4) is 33.8 Å². The van der Waals surface area contributed by atoms with E-state index in [0.717, 1.165) is 27.8 Å². The lowest BCUT2D eigenvalue weighted by molar-refractivity contribution is -0.116. The predicted octanol–water partition coefficient (Wildman–Crippen LogP) is 3.84. The summed E-state index contributed by atoms with van der Waals surface area (Å²) in [5.74, 6) is -0.653. The third-order valence-corrected chi connectivity index (χ3v) is 4.39. The molecule has 6 nitrogen and oxygen atoms in total.